The number of rotatable bonds is 5. The monoisotopic (exact) mass is 495 g/mol. The fourth-order valence-corrected chi connectivity index (χ4v) is 5.80. The average molecular weight is 496 g/mol. The van der Waals surface area contributed by atoms with Gasteiger partial charge in [-0.3, -0.25) is 9.18 Å². The third kappa shape index (κ3) is 4.39. The second kappa shape index (κ2) is 8.42. The van der Waals surface area contributed by atoms with Crippen LogP contribution in [0, 0.1) is 11.7 Å². The summed E-state index contributed by atoms with van der Waals surface area (Å²) in [5.41, 5.74) is 4.81. The second-order valence-corrected chi connectivity index (χ2v) is 10.4. The number of aliphatic hydroxyl groups is 2. The van der Waals surface area contributed by atoms with E-state index in [1.165, 1.54) is 12.1 Å². The van der Waals surface area contributed by atoms with Gasteiger partial charge in [-0.1, -0.05) is 0 Å². The van der Waals surface area contributed by atoms with Crippen LogP contribution in [-0.4, -0.2) is 53.1 Å². The zero-order valence-corrected chi connectivity index (χ0v) is 18.8. The minimum atomic E-state index is -4.15. The van der Waals surface area contributed by atoms with E-state index in [2.05, 4.69) is 19.6 Å². The maximum atomic E-state index is 13.8. The van der Waals surface area contributed by atoms with Crippen molar-refractivity contribution in [2.75, 3.05) is 12.0 Å². The van der Waals surface area contributed by atoms with Crippen LogP contribution >= 0.6 is 11.3 Å². The van der Waals surface area contributed by atoms with Gasteiger partial charge >= 0.3 is 10.3 Å². The summed E-state index contributed by atoms with van der Waals surface area (Å²) in [6.07, 6.45) is -0.00294. The fraction of sp³-hybridized carbons (Fsp3) is 0.400. The van der Waals surface area contributed by atoms with Gasteiger partial charge < -0.3 is 15.6 Å². The molecule has 5 atom stereocenters. The molecule has 0 amide bonds. The first-order valence-corrected chi connectivity index (χ1v) is 12.6. The van der Waals surface area contributed by atoms with Crippen molar-refractivity contribution < 1.29 is 27.2 Å². The van der Waals surface area contributed by atoms with Crippen molar-refractivity contribution >= 4 is 31.7 Å². The fourth-order valence-electron chi connectivity index (χ4n) is 4.44. The van der Waals surface area contributed by atoms with Gasteiger partial charge in [0.1, 0.15) is 23.2 Å². The van der Waals surface area contributed by atoms with Gasteiger partial charge in [-0.25, -0.2) is 19.2 Å². The summed E-state index contributed by atoms with van der Waals surface area (Å²) < 4.78 is 43.2. The normalized spacial score (nSPS) is 27.8. The smallest absolute Gasteiger partial charge is 0.333 e. The molecular weight excluding hydrogens is 473 g/mol. The van der Waals surface area contributed by atoms with Crippen LogP contribution in [0.2, 0.25) is 0 Å². The van der Waals surface area contributed by atoms with Crippen molar-refractivity contribution in [1.82, 2.24) is 9.66 Å². The zero-order valence-electron chi connectivity index (χ0n) is 17.2. The number of nitrogens with two attached hydrogens (primary N) is 1. The summed E-state index contributed by atoms with van der Waals surface area (Å²) in [6.45, 7) is -0.340. The van der Waals surface area contributed by atoms with Crippen LogP contribution in [-0.2, 0) is 20.9 Å². The molecule has 0 saturated heterocycles. The quantitative estimate of drug-likeness (QED) is 0.397. The summed E-state index contributed by atoms with van der Waals surface area (Å²) >= 11 is 1.54. The predicted molar refractivity (Wildman–Crippen MR) is 118 cm³/mol. The maximum absolute atomic E-state index is 13.8. The lowest BCUT2D eigenvalue weighted by molar-refractivity contribution is 0.00605. The lowest BCUT2D eigenvalue weighted by atomic mass is 10.0. The molecule has 1 aliphatic carbocycles. The Labute approximate surface area is 192 Å². The minimum absolute atomic E-state index is 0.139. The number of fused-ring (bicyclic) bond motifs is 2. The van der Waals surface area contributed by atoms with Gasteiger partial charge in [0.2, 0.25) is 0 Å². The Bertz CT molecular complexity index is 1370. The molecule has 0 spiro atoms. The number of aromatic nitrogens is 2. The molecule has 5 N–H and O–H groups in total. The van der Waals surface area contributed by atoms with Gasteiger partial charge in [-0.2, -0.15) is 8.42 Å². The summed E-state index contributed by atoms with van der Waals surface area (Å²) in [6, 6.07) is 5.59. The largest absolute Gasteiger partial charge is 0.390 e. The first kappa shape index (κ1) is 22.4. The zero-order chi connectivity index (χ0) is 23.3. The summed E-state index contributed by atoms with van der Waals surface area (Å²) in [5.74, 6) is -0.215. The molecule has 10 nitrogen and oxygen atoms in total. The molecular formula is C20H22FN5O5S2. The Morgan fingerprint density at radius 2 is 2.15 bits per heavy atom. The highest BCUT2D eigenvalue weighted by atomic mass is 32.2. The third-order valence-electron chi connectivity index (χ3n) is 6.06. The molecule has 1 fully saturated rings. The second-order valence-electron chi connectivity index (χ2n) is 8.22. The maximum Gasteiger partial charge on any atom is 0.333 e. The Morgan fingerprint density at radius 1 is 1.33 bits per heavy atom. The van der Waals surface area contributed by atoms with Gasteiger partial charge in [-0.15, -0.1) is 11.3 Å². The average Bonchev–Trinajstić information content (AvgIpc) is 3.44. The molecule has 13 heteroatoms. The third-order valence-corrected chi connectivity index (χ3v) is 7.51. The van der Waals surface area contributed by atoms with Crippen LogP contribution < -0.4 is 16.1 Å². The number of halogens is 1. The highest BCUT2D eigenvalue weighted by Crippen LogP contribution is 2.34. The summed E-state index contributed by atoms with van der Waals surface area (Å²) in [5, 5.41) is 28.4. The topological polar surface area (TPSA) is 152 Å². The lowest BCUT2D eigenvalue weighted by Crippen LogP contribution is -2.34. The van der Waals surface area contributed by atoms with E-state index in [0.29, 0.717) is 11.9 Å². The number of aliphatic hydroxyl groups excluding tert-OH is 2. The van der Waals surface area contributed by atoms with E-state index in [1.807, 2.05) is 5.38 Å². The van der Waals surface area contributed by atoms with E-state index in [4.69, 9.17) is 5.14 Å². The Balaban J connectivity index is 1.41. The Morgan fingerprint density at radius 3 is 2.94 bits per heavy atom. The van der Waals surface area contributed by atoms with Crippen molar-refractivity contribution in [3.63, 3.8) is 0 Å². The van der Waals surface area contributed by atoms with Gasteiger partial charge in [0.05, 0.1) is 24.8 Å². The summed E-state index contributed by atoms with van der Waals surface area (Å²) in [4.78, 5) is 9.02. The molecule has 3 aromatic rings. The van der Waals surface area contributed by atoms with E-state index >= 15 is 0 Å². The van der Waals surface area contributed by atoms with Crippen LogP contribution in [0.1, 0.15) is 23.9 Å². The first-order valence-electron chi connectivity index (χ1n) is 10.3. The number of benzene rings is 1. The number of hydrogen-bond acceptors (Lipinski definition) is 9. The molecule has 0 bridgehead atoms. The molecule has 1 saturated carbocycles. The van der Waals surface area contributed by atoms with Crippen LogP contribution in [0.4, 0.5) is 4.39 Å². The molecule has 5 unspecified atom stereocenters. The highest BCUT2D eigenvalue weighted by molar-refractivity contribution is 7.84. The molecule has 2 aromatic heterocycles. The van der Waals surface area contributed by atoms with Crippen LogP contribution in [0.15, 0.2) is 40.8 Å². The SMILES string of the molecule is NS(=O)(=O)OCC1CC(N=c2ccnc3n2NC(c2csc4ccc(F)cc24)C3)C(O)C1O. The van der Waals surface area contributed by atoms with Crippen LogP contribution in [0.25, 0.3) is 10.1 Å². The Hall–Kier alpha value is -2.42. The van der Waals surface area contributed by atoms with Crippen molar-refractivity contribution in [3.8, 4) is 0 Å². The highest BCUT2D eigenvalue weighted by Gasteiger charge is 2.42. The number of nitrogens with zero attached hydrogens (tertiary/aromatic N) is 3. The van der Waals surface area contributed by atoms with Gasteiger partial charge in [0.25, 0.3) is 0 Å². The molecule has 5 rings (SSSR count). The van der Waals surface area contributed by atoms with E-state index in [-0.39, 0.29) is 24.9 Å². The lowest BCUT2D eigenvalue weighted by Gasteiger charge is -2.15. The van der Waals surface area contributed by atoms with Crippen molar-refractivity contribution in [2.24, 2.45) is 16.0 Å². The minimum Gasteiger partial charge on any atom is -0.390 e. The standard InChI is InChI=1S/C20H22FN5O5S2/c21-11-1-2-16-12(6-11)13(9-32-16)14-7-18-23-4-3-17(26(18)25-14)24-15-5-10(19(27)20(15)28)8-31-33(22,29)30/h1-4,6,9-10,14-15,19-20,25,27-28H,5,7-8H2,(H2,22,29,30). The van der Waals surface area contributed by atoms with Gasteiger partial charge in [0.15, 0.2) is 0 Å². The van der Waals surface area contributed by atoms with Crippen molar-refractivity contribution in [1.29, 1.82) is 0 Å². The van der Waals surface area contributed by atoms with Crippen LogP contribution in [0.3, 0.4) is 0 Å². The van der Waals surface area contributed by atoms with Gasteiger partial charge in [0, 0.05) is 34.7 Å². The number of nitrogens with one attached hydrogen (secondary N) is 1. The van der Waals surface area contributed by atoms with Crippen molar-refractivity contribution in [2.45, 2.75) is 37.1 Å². The van der Waals surface area contributed by atoms with E-state index in [1.54, 1.807) is 34.3 Å². The van der Waals surface area contributed by atoms with E-state index in [9.17, 15) is 23.0 Å². The van der Waals surface area contributed by atoms with E-state index < -0.39 is 34.5 Å². The predicted octanol–water partition coefficient (Wildman–Crippen LogP) is 0.309. The van der Waals surface area contributed by atoms with Gasteiger partial charge in [-0.05, 0) is 35.6 Å². The van der Waals surface area contributed by atoms with E-state index in [0.717, 1.165) is 21.5 Å². The molecule has 2 aliphatic rings. The molecule has 0 radical (unpaired) electrons. The molecule has 1 aliphatic heterocycles. The first-order chi connectivity index (χ1) is 15.7. The molecule has 33 heavy (non-hydrogen) atoms. The number of hydrogen-bond donors (Lipinski definition) is 4. The molecule has 176 valence electrons. The van der Waals surface area contributed by atoms with Crippen LogP contribution in [0.5, 0.6) is 0 Å². The molecule has 3 heterocycles. The number of thiophene rings is 1. The van der Waals surface area contributed by atoms with Crippen molar-refractivity contribution in [3.05, 3.63) is 58.5 Å². The Kier molecular flexibility index (Phi) is 5.71. The molecule has 1 aromatic carbocycles. The summed E-state index contributed by atoms with van der Waals surface area (Å²) in [7, 11) is -4.15.